The molecular weight excluding hydrogens is 294 g/mol. The zero-order valence-corrected chi connectivity index (χ0v) is 16.7. The summed E-state index contributed by atoms with van der Waals surface area (Å²) in [5.74, 6) is -2.90. The second-order valence-electron chi connectivity index (χ2n) is 2.66. The maximum absolute atomic E-state index is 10.1. The van der Waals surface area contributed by atoms with Crippen LogP contribution >= 0.6 is 0 Å². The molecule has 0 bridgehead atoms. The van der Waals surface area contributed by atoms with E-state index in [1.54, 1.807) is 0 Å². The summed E-state index contributed by atoms with van der Waals surface area (Å²) in [4.78, 5) is 38.0. The Bertz CT molecular complexity index is 244. The molecule has 0 aromatic carbocycles. The molecule has 0 N–H and O–H groups in total. The monoisotopic (exact) mass is 310 g/mol. The largest absolute Gasteiger partial charge is 1.00 e. The molecule has 0 spiro atoms. The molecule has 0 fully saturated rings. The summed E-state index contributed by atoms with van der Waals surface area (Å²) >= 11 is 0. The first-order valence-electron chi connectivity index (χ1n) is 4.71. The van der Waals surface area contributed by atoms with Crippen LogP contribution < -0.4 is 69.3 Å². The Kier molecular flexibility index (Phi) is 38.3. The molecule has 0 saturated carbocycles. The predicted octanol–water partition coefficient (Wildman–Crippen LogP) is -8.37. The maximum atomic E-state index is 10.1. The van der Waals surface area contributed by atoms with Crippen molar-refractivity contribution in [2.24, 2.45) is 0 Å². The van der Waals surface area contributed by atoms with E-state index in [1.165, 1.54) is 13.8 Å². The van der Waals surface area contributed by atoms with Crippen LogP contribution in [0.15, 0.2) is 0 Å². The van der Waals surface area contributed by atoms with Gasteiger partial charge in [0.05, 0.1) is 0 Å². The van der Waals surface area contributed by atoms with Gasteiger partial charge in [0.2, 0.25) is 0 Å². The molecule has 0 saturated heterocycles. The normalized spacial score (nSPS) is 6.80. The van der Waals surface area contributed by atoms with Gasteiger partial charge in [-0.3, -0.25) is 9.59 Å². The third-order valence-electron chi connectivity index (χ3n) is 0.694. The number of carbonyl (C=O) groups is 4. The van der Waals surface area contributed by atoms with Crippen molar-refractivity contribution in [1.82, 2.24) is 0 Å². The molecule has 0 aliphatic carbocycles. The summed E-state index contributed by atoms with van der Waals surface area (Å²) in [6, 6.07) is 0. The Morgan fingerprint density at radius 2 is 0.850 bits per heavy atom. The molecule has 0 aromatic rings. The van der Waals surface area contributed by atoms with E-state index >= 15 is 0 Å². The van der Waals surface area contributed by atoms with Gasteiger partial charge in [0.25, 0.3) is 0 Å². The molecule has 20 heavy (non-hydrogen) atoms. The van der Waals surface area contributed by atoms with Crippen LogP contribution in [0.25, 0.3) is 0 Å². The first-order chi connectivity index (χ1) is 8.09. The summed E-state index contributed by atoms with van der Waals surface area (Å²) in [6.45, 7) is 4.81. The molecule has 0 rings (SSSR count). The van der Waals surface area contributed by atoms with Gasteiger partial charge in [0, 0.05) is 25.8 Å². The third-order valence-corrected chi connectivity index (χ3v) is 0.694. The Hall–Kier alpha value is -0.120. The van der Waals surface area contributed by atoms with Crippen LogP contribution in [0.3, 0.4) is 0 Å². The van der Waals surface area contributed by atoms with Gasteiger partial charge in [-0.15, -0.1) is 0 Å². The van der Waals surface area contributed by atoms with E-state index in [4.69, 9.17) is 19.8 Å². The minimum atomic E-state index is -1.08. The molecule has 0 aliphatic heterocycles. The van der Waals surface area contributed by atoms with E-state index in [2.05, 4.69) is 9.47 Å². The standard InChI is InChI=1S/C6H10O4.2C2H4O2.2Na/c1-5(7)9-3-4-10-6(2)8;2*1-2(3)4;;/h3-4H2,1-2H3;2*1H3,(H,3,4);;/q;;;2*+1/p-2. The summed E-state index contributed by atoms with van der Waals surface area (Å²) in [6.07, 6.45) is 0. The van der Waals surface area contributed by atoms with Gasteiger partial charge in [-0.05, 0) is 13.8 Å². The Labute approximate surface area is 161 Å². The quantitative estimate of drug-likeness (QED) is 0.285. The van der Waals surface area contributed by atoms with E-state index in [-0.39, 0.29) is 84.3 Å². The van der Waals surface area contributed by atoms with Gasteiger partial charge >= 0.3 is 71.1 Å². The molecule has 0 unspecified atom stereocenters. The number of carbonyl (C=O) groups excluding carboxylic acids is 4. The van der Waals surface area contributed by atoms with Crippen molar-refractivity contribution in [2.45, 2.75) is 27.7 Å². The predicted molar refractivity (Wildman–Crippen MR) is 54.6 cm³/mol. The summed E-state index contributed by atoms with van der Waals surface area (Å²) < 4.78 is 8.95. The van der Waals surface area contributed by atoms with Gasteiger partial charge in [-0.25, -0.2) is 0 Å². The average molecular weight is 310 g/mol. The number of rotatable bonds is 3. The van der Waals surface area contributed by atoms with Crippen LogP contribution in [0, 0.1) is 0 Å². The Morgan fingerprint density at radius 1 is 0.700 bits per heavy atom. The van der Waals surface area contributed by atoms with E-state index in [9.17, 15) is 9.59 Å². The fraction of sp³-hybridized carbons (Fsp3) is 0.600. The summed E-state index contributed by atoms with van der Waals surface area (Å²) in [5.41, 5.74) is 0. The van der Waals surface area contributed by atoms with Crippen molar-refractivity contribution in [3.8, 4) is 0 Å². The molecule has 0 atom stereocenters. The van der Waals surface area contributed by atoms with Gasteiger partial charge in [-0.1, -0.05) is 0 Å². The van der Waals surface area contributed by atoms with Gasteiger partial charge in [-0.2, -0.15) is 0 Å². The zero-order valence-electron chi connectivity index (χ0n) is 12.7. The molecule has 0 heterocycles. The number of carboxylic acids is 2. The van der Waals surface area contributed by atoms with Crippen LogP contribution in [-0.4, -0.2) is 37.1 Å². The van der Waals surface area contributed by atoms with Crippen molar-refractivity contribution >= 4 is 23.9 Å². The van der Waals surface area contributed by atoms with E-state index in [0.29, 0.717) is 0 Å². The smallest absolute Gasteiger partial charge is 0.550 e. The van der Waals surface area contributed by atoms with Crippen molar-refractivity contribution in [1.29, 1.82) is 0 Å². The second kappa shape index (κ2) is 23.9. The van der Waals surface area contributed by atoms with Crippen LogP contribution in [0.4, 0.5) is 0 Å². The van der Waals surface area contributed by atoms with Gasteiger partial charge in [0.15, 0.2) is 0 Å². The minimum absolute atomic E-state index is 0. The maximum Gasteiger partial charge on any atom is 1.00 e. The molecule has 106 valence electrons. The molecule has 0 aliphatic rings. The number of hydrogen-bond donors (Lipinski definition) is 0. The third kappa shape index (κ3) is 108. The molecule has 0 radical (unpaired) electrons. The van der Waals surface area contributed by atoms with E-state index < -0.39 is 11.9 Å². The second-order valence-corrected chi connectivity index (χ2v) is 2.66. The summed E-state index contributed by atoms with van der Waals surface area (Å²) in [7, 11) is 0. The number of aliphatic carboxylic acids is 2. The van der Waals surface area contributed by atoms with E-state index in [0.717, 1.165) is 13.8 Å². The molecule has 0 amide bonds. The molecule has 0 aromatic heterocycles. The molecule has 10 heteroatoms. The Balaban J connectivity index is -0.0000000637. The van der Waals surface area contributed by atoms with Crippen LogP contribution in [0.1, 0.15) is 27.7 Å². The summed E-state index contributed by atoms with van der Waals surface area (Å²) in [5, 5.41) is 17.8. The van der Waals surface area contributed by atoms with Crippen LogP contribution in [0.5, 0.6) is 0 Å². The van der Waals surface area contributed by atoms with Crippen molar-refractivity contribution in [2.75, 3.05) is 13.2 Å². The van der Waals surface area contributed by atoms with Crippen molar-refractivity contribution in [3.63, 3.8) is 0 Å². The first-order valence-corrected chi connectivity index (χ1v) is 4.71. The number of carboxylic acid groups (broad SMARTS) is 2. The zero-order chi connectivity index (χ0) is 15.1. The minimum Gasteiger partial charge on any atom is -0.550 e. The van der Waals surface area contributed by atoms with Crippen LogP contribution in [-0.2, 0) is 28.7 Å². The van der Waals surface area contributed by atoms with Gasteiger partial charge < -0.3 is 29.3 Å². The number of esters is 2. The molecule has 8 nitrogen and oxygen atoms in total. The Morgan fingerprint density at radius 3 is 0.950 bits per heavy atom. The number of hydrogen-bond acceptors (Lipinski definition) is 8. The van der Waals surface area contributed by atoms with Crippen molar-refractivity contribution < 1.29 is 98.0 Å². The van der Waals surface area contributed by atoms with Crippen LogP contribution in [0.2, 0.25) is 0 Å². The van der Waals surface area contributed by atoms with E-state index in [1.807, 2.05) is 0 Å². The molecular formula is C10H16Na2O8. The van der Waals surface area contributed by atoms with Crippen molar-refractivity contribution in [3.05, 3.63) is 0 Å². The fourth-order valence-corrected chi connectivity index (χ4v) is 0.371. The SMILES string of the molecule is CC(=O)OCCOC(C)=O.CC(=O)[O-].CC(=O)[O-].[Na+].[Na+]. The first kappa shape index (κ1) is 32.0. The number of ether oxygens (including phenoxy) is 2. The van der Waals surface area contributed by atoms with Gasteiger partial charge in [0.1, 0.15) is 13.2 Å². The fourth-order valence-electron chi connectivity index (χ4n) is 0.371. The average Bonchev–Trinajstić information content (AvgIpc) is 2.09. The topological polar surface area (TPSA) is 133 Å².